The number of nitrogens with zero attached hydrogens (tertiary/aromatic N) is 3. The molecule has 4 nitrogen and oxygen atoms in total. The molecule has 0 atom stereocenters. The Labute approximate surface area is 96.1 Å². The molecule has 0 aliphatic heterocycles. The van der Waals surface area contributed by atoms with Crippen LogP contribution < -0.4 is 5.73 Å². The second kappa shape index (κ2) is 4.59. The van der Waals surface area contributed by atoms with Crippen molar-refractivity contribution in [3.63, 3.8) is 0 Å². The molecule has 6 heteroatoms. The maximum absolute atomic E-state index is 5.78. The number of hydrogen-bond donors (Lipinski definition) is 1. The molecule has 0 saturated carbocycles. The summed E-state index contributed by atoms with van der Waals surface area (Å²) in [6.07, 6.45) is 2.58. The molecule has 2 heterocycles. The number of pyridine rings is 1. The maximum atomic E-state index is 5.78. The fourth-order valence-corrected chi connectivity index (χ4v) is 2.61. The molecule has 2 aromatic rings. The minimum absolute atomic E-state index is 0.677. The molecule has 78 valence electrons. The van der Waals surface area contributed by atoms with Crippen molar-refractivity contribution in [1.82, 2.24) is 14.3 Å². The van der Waals surface area contributed by atoms with Crippen LogP contribution in [0.4, 0.5) is 5.69 Å². The summed E-state index contributed by atoms with van der Waals surface area (Å²) in [6.45, 7) is 2.03. The molecule has 0 aromatic carbocycles. The van der Waals surface area contributed by atoms with Crippen LogP contribution in [0.3, 0.4) is 0 Å². The Morgan fingerprint density at radius 1 is 1.53 bits per heavy atom. The molecule has 0 saturated heterocycles. The first-order valence-corrected chi connectivity index (χ1v) is 6.09. The van der Waals surface area contributed by atoms with Crippen molar-refractivity contribution in [3.8, 4) is 0 Å². The summed E-state index contributed by atoms with van der Waals surface area (Å²) in [5.41, 5.74) is 6.46. The van der Waals surface area contributed by atoms with E-state index < -0.39 is 0 Å². The molecule has 0 bridgehead atoms. The van der Waals surface area contributed by atoms with E-state index in [4.69, 9.17) is 5.73 Å². The van der Waals surface area contributed by atoms with Gasteiger partial charge in [0, 0.05) is 12.6 Å². The van der Waals surface area contributed by atoms with Crippen LogP contribution in [0.1, 0.15) is 12.7 Å². The molecule has 0 aliphatic rings. The fourth-order valence-electron chi connectivity index (χ4n) is 0.994. The van der Waals surface area contributed by atoms with Crippen molar-refractivity contribution in [1.29, 1.82) is 0 Å². The minimum Gasteiger partial charge on any atom is -0.397 e. The third-order valence-corrected chi connectivity index (χ3v) is 3.57. The summed E-state index contributed by atoms with van der Waals surface area (Å²) in [5, 5.41) is 0.788. The van der Waals surface area contributed by atoms with Gasteiger partial charge >= 0.3 is 0 Å². The van der Waals surface area contributed by atoms with Gasteiger partial charge in [-0.2, -0.15) is 4.37 Å². The molecule has 0 aliphatic carbocycles. The topological polar surface area (TPSA) is 64.7 Å². The molecule has 2 aromatic heterocycles. The number of aryl methyl sites for hydroxylation is 1. The lowest BCUT2D eigenvalue weighted by molar-refractivity contribution is 0.970. The molecule has 0 fully saturated rings. The Morgan fingerprint density at radius 2 is 2.40 bits per heavy atom. The van der Waals surface area contributed by atoms with Crippen molar-refractivity contribution >= 4 is 29.0 Å². The molecule has 2 rings (SSSR count). The van der Waals surface area contributed by atoms with Crippen LogP contribution in [0.2, 0.25) is 0 Å². The summed E-state index contributed by atoms with van der Waals surface area (Å²) in [7, 11) is 0. The van der Waals surface area contributed by atoms with Gasteiger partial charge in [-0.25, -0.2) is 9.97 Å². The largest absolute Gasteiger partial charge is 0.397 e. The maximum Gasteiger partial charge on any atom is 0.176 e. The number of anilines is 1. The molecule has 2 N–H and O–H groups in total. The monoisotopic (exact) mass is 238 g/mol. The van der Waals surface area contributed by atoms with Crippen molar-refractivity contribution in [2.75, 3.05) is 5.73 Å². The van der Waals surface area contributed by atoms with E-state index in [0.717, 1.165) is 21.6 Å². The van der Waals surface area contributed by atoms with Crippen molar-refractivity contribution in [3.05, 3.63) is 24.2 Å². The Balaban J connectivity index is 2.18. The molecular weight excluding hydrogens is 228 g/mol. The molecule has 0 spiro atoms. The van der Waals surface area contributed by atoms with Crippen LogP contribution in [0.25, 0.3) is 0 Å². The Kier molecular flexibility index (Phi) is 3.17. The predicted octanol–water partition coefficient (Wildman–Crippen LogP) is 2.23. The van der Waals surface area contributed by atoms with Gasteiger partial charge < -0.3 is 5.73 Å². The number of hydrogen-bond acceptors (Lipinski definition) is 6. The zero-order valence-electron chi connectivity index (χ0n) is 8.17. The quantitative estimate of drug-likeness (QED) is 0.888. The highest BCUT2D eigenvalue weighted by Crippen LogP contribution is 2.30. The Morgan fingerprint density at radius 3 is 3.07 bits per heavy atom. The molecular formula is C9H10N4S2. The smallest absolute Gasteiger partial charge is 0.176 e. The van der Waals surface area contributed by atoms with Gasteiger partial charge in [-0.3, -0.25) is 0 Å². The lowest BCUT2D eigenvalue weighted by atomic mass is 10.4. The van der Waals surface area contributed by atoms with Gasteiger partial charge in [0.05, 0.1) is 5.69 Å². The first-order valence-electron chi connectivity index (χ1n) is 4.50. The van der Waals surface area contributed by atoms with Gasteiger partial charge in [0.25, 0.3) is 0 Å². The van der Waals surface area contributed by atoms with Gasteiger partial charge in [0.1, 0.15) is 10.9 Å². The van der Waals surface area contributed by atoms with E-state index >= 15 is 0 Å². The van der Waals surface area contributed by atoms with Crippen LogP contribution in [0, 0.1) is 0 Å². The van der Waals surface area contributed by atoms with Gasteiger partial charge in [-0.05, 0) is 35.4 Å². The van der Waals surface area contributed by atoms with Crippen molar-refractivity contribution < 1.29 is 0 Å². The third kappa shape index (κ3) is 2.45. The summed E-state index contributed by atoms with van der Waals surface area (Å²) in [4.78, 5) is 8.53. The zero-order chi connectivity index (χ0) is 10.7. The first kappa shape index (κ1) is 10.4. The lowest BCUT2D eigenvalue weighted by Gasteiger charge is -1.99. The standard InChI is InChI=1S/C9H10N4S2/c1-2-7-12-9(15-13-7)14-8-6(10)4-3-5-11-8/h3-5H,2,10H2,1H3. The van der Waals surface area contributed by atoms with Crippen molar-refractivity contribution in [2.24, 2.45) is 0 Å². The highest BCUT2D eigenvalue weighted by atomic mass is 32.2. The average molecular weight is 238 g/mol. The number of nitrogens with two attached hydrogens (primary N) is 1. The summed E-state index contributed by atoms with van der Waals surface area (Å²) in [6, 6.07) is 3.65. The Hall–Kier alpha value is -1.14. The minimum atomic E-state index is 0.677. The van der Waals surface area contributed by atoms with Gasteiger partial charge in [0.15, 0.2) is 4.34 Å². The summed E-state index contributed by atoms with van der Waals surface area (Å²) < 4.78 is 5.09. The highest BCUT2D eigenvalue weighted by Gasteiger charge is 2.07. The van der Waals surface area contributed by atoms with E-state index in [0.29, 0.717) is 5.69 Å². The van der Waals surface area contributed by atoms with E-state index in [1.165, 1.54) is 23.3 Å². The van der Waals surface area contributed by atoms with Gasteiger partial charge in [-0.1, -0.05) is 6.92 Å². The lowest BCUT2D eigenvalue weighted by Crippen LogP contribution is -1.90. The predicted molar refractivity (Wildman–Crippen MR) is 62.1 cm³/mol. The van der Waals surface area contributed by atoms with Crippen LogP contribution in [-0.2, 0) is 6.42 Å². The number of nitrogen functional groups attached to an aromatic ring is 1. The molecule has 0 radical (unpaired) electrons. The normalized spacial score (nSPS) is 10.5. The average Bonchev–Trinajstić information content (AvgIpc) is 2.69. The van der Waals surface area contributed by atoms with Crippen LogP contribution >= 0.6 is 23.3 Å². The fraction of sp³-hybridized carbons (Fsp3) is 0.222. The number of rotatable bonds is 3. The van der Waals surface area contributed by atoms with Crippen LogP contribution in [-0.4, -0.2) is 14.3 Å². The number of aromatic nitrogens is 3. The van der Waals surface area contributed by atoms with Crippen molar-refractivity contribution in [2.45, 2.75) is 22.7 Å². The molecule has 0 unspecified atom stereocenters. The van der Waals surface area contributed by atoms with E-state index in [1.807, 2.05) is 19.1 Å². The first-order chi connectivity index (χ1) is 7.29. The summed E-state index contributed by atoms with van der Waals surface area (Å²) >= 11 is 2.84. The third-order valence-electron chi connectivity index (χ3n) is 1.75. The van der Waals surface area contributed by atoms with E-state index in [-0.39, 0.29) is 0 Å². The van der Waals surface area contributed by atoms with E-state index in [1.54, 1.807) is 6.20 Å². The highest BCUT2D eigenvalue weighted by molar-refractivity contribution is 8.01. The van der Waals surface area contributed by atoms with Crippen LogP contribution in [0.5, 0.6) is 0 Å². The SMILES string of the molecule is CCc1nsc(Sc2ncccc2N)n1. The Bertz CT molecular complexity index is 455. The second-order valence-electron chi connectivity index (χ2n) is 2.83. The van der Waals surface area contributed by atoms with E-state index in [2.05, 4.69) is 14.3 Å². The van der Waals surface area contributed by atoms with Gasteiger partial charge in [0.2, 0.25) is 0 Å². The summed E-state index contributed by atoms with van der Waals surface area (Å²) in [5.74, 6) is 0.872. The second-order valence-corrected chi connectivity index (χ2v) is 4.82. The van der Waals surface area contributed by atoms with Crippen LogP contribution in [0.15, 0.2) is 27.7 Å². The van der Waals surface area contributed by atoms with Gasteiger partial charge in [-0.15, -0.1) is 0 Å². The molecule has 15 heavy (non-hydrogen) atoms. The van der Waals surface area contributed by atoms with E-state index in [9.17, 15) is 0 Å². The molecule has 0 amide bonds. The zero-order valence-corrected chi connectivity index (χ0v) is 9.81.